The number of hydrogen-bond acceptors (Lipinski definition) is 2. The van der Waals surface area contributed by atoms with Gasteiger partial charge in [-0.15, -0.1) is 6.58 Å². The van der Waals surface area contributed by atoms with Gasteiger partial charge in [-0.1, -0.05) is 6.08 Å². The van der Waals surface area contributed by atoms with Gasteiger partial charge in [-0.05, 0) is 32.7 Å². The average Bonchev–Trinajstić information content (AvgIpc) is 2.18. The van der Waals surface area contributed by atoms with Crippen LogP contribution in [0.3, 0.4) is 0 Å². The maximum absolute atomic E-state index is 11.6. The van der Waals surface area contributed by atoms with Gasteiger partial charge in [-0.25, -0.2) is 0 Å². The lowest BCUT2D eigenvalue weighted by Gasteiger charge is -2.27. The fourth-order valence-electron chi connectivity index (χ4n) is 1.81. The summed E-state index contributed by atoms with van der Waals surface area (Å²) in [5, 5.41) is 6.27. The molecule has 0 aromatic carbocycles. The first-order chi connectivity index (χ1) is 6.74. The third-order valence-corrected chi connectivity index (χ3v) is 2.64. The van der Waals surface area contributed by atoms with Gasteiger partial charge < -0.3 is 10.6 Å². The number of carbonyl (C=O) groups is 1. The van der Waals surface area contributed by atoms with Crippen molar-refractivity contribution in [2.75, 3.05) is 13.1 Å². The summed E-state index contributed by atoms with van der Waals surface area (Å²) in [6.45, 7) is 7.43. The molecular weight excluding hydrogens is 176 g/mol. The fraction of sp³-hybridized carbons (Fsp3) is 0.727. The molecule has 0 spiro atoms. The van der Waals surface area contributed by atoms with E-state index in [1.165, 1.54) is 0 Å². The van der Waals surface area contributed by atoms with E-state index >= 15 is 0 Å². The smallest absolute Gasteiger partial charge is 0.223 e. The summed E-state index contributed by atoms with van der Waals surface area (Å²) in [5.74, 6) is 0.413. The molecule has 2 unspecified atom stereocenters. The molecule has 1 aliphatic heterocycles. The summed E-state index contributed by atoms with van der Waals surface area (Å²) in [5.41, 5.74) is 0. The molecule has 0 saturated carbocycles. The molecule has 1 aliphatic rings. The molecule has 0 aliphatic carbocycles. The molecule has 80 valence electrons. The van der Waals surface area contributed by atoms with Gasteiger partial charge in [-0.3, -0.25) is 4.79 Å². The second kappa shape index (κ2) is 5.81. The molecule has 0 bridgehead atoms. The Labute approximate surface area is 86.0 Å². The van der Waals surface area contributed by atoms with Gasteiger partial charge >= 0.3 is 0 Å². The zero-order valence-corrected chi connectivity index (χ0v) is 8.88. The summed E-state index contributed by atoms with van der Waals surface area (Å²) >= 11 is 0. The highest BCUT2D eigenvalue weighted by Crippen LogP contribution is 2.15. The van der Waals surface area contributed by atoms with Crippen LogP contribution in [0.15, 0.2) is 12.7 Å². The van der Waals surface area contributed by atoms with Crippen molar-refractivity contribution >= 4 is 5.91 Å². The predicted molar refractivity (Wildman–Crippen MR) is 58.0 cm³/mol. The Hall–Kier alpha value is -0.830. The van der Waals surface area contributed by atoms with Crippen LogP contribution in [0.5, 0.6) is 0 Å². The number of amides is 1. The van der Waals surface area contributed by atoms with Gasteiger partial charge in [0.2, 0.25) is 5.91 Å². The molecule has 1 saturated heterocycles. The maximum atomic E-state index is 11.6. The highest BCUT2D eigenvalue weighted by molar-refractivity contribution is 5.78. The number of carbonyl (C=O) groups excluding carboxylic acids is 1. The molecule has 1 heterocycles. The molecule has 2 atom stereocenters. The maximum Gasteiger partial charge on any atom is 0.223 e. The highest BCUT2D eigenvalue weighted by Gasteiger charge is 2.23. The largest absolute Gasteiger partial charge is 0.356 e. The second-order valence-corrected chi connectivity index (χ2v) is 3.94. The van der Waals surface area contributed by atoms with Crippen molar-refractivity contribution in [3.8, 4) is 0 Å². The van der Waals surface area contributed by atoms with Crippen molar-refractivity contribution in [3.05, 3.63) is 12.7 Å². The Morgan fingerprint density at radius 3 is 3.14 bits per heavy atom. The number of piperidine rings is 1. The molecule has 2 N–H and O–H groups in total. The molecule has 1 fully saturated rings. The van der Waals surface area contributed by atoms with E-state index in [9.17, 15) is 4.79 Å². The van der Waals surface area contributed by atoms with Gasteiger partial charge in [0.25, 0.3) is 0 Å². The van der Waals surface area contributed by atoms with Gasteiger partial charge in [0.1, 0.15) is 0 Å². The van der Waals surface area contributed by atoms with Gasteiger partial charge in [0.05, 0.1) is 0 Å². The number of hydrogen-bond donors (Lipinski definition) is 2. The zero-order chi connectivity index (χ0) is 10.4. The summed E-state index contributed by atoms with van der Waals surface area (Å²) in [4.78, 5) is 11.6. The van der Waals surface area contributed by atoms with Crippen LogP contribution in [-0.4, -0.2) is 25.0 Å². The monoisotopic (exact) mass is 196 g/mol. The predicted octanol–water partition coefficient (Wildman–Crippen LogP) is 1.07. The normalized spacial score (nSPS) is 26.9. The van der Waals surface area contributed by atoms with Crippen LogP contribution in [0.4, 0.5) is 0 Å². The van der Waals surface area contributed by atoms with E-state index in [-0.39, 0.29) is 11.8 Å². The van der Waals surface area contributed by atoms with Crippen LogP contribution in [0.1, 0.15) is 26.2 Å². The standard InChI is InChI=1S/C11H20N2O/c1-3-4-6-13-11(14)10-5-7-12-9(2)8-10/h3,9-10,12H,1,4-8H2,2H3,(H,13,14). The molecule has 3 heteroatoms. The summed E-state index contributed by atoms with van der Waals surface area (Å²) in [6, 6.07) is 0.471. The highest BCUT2D eigenvalue weighted by atomic mass is 16.1. The lowest BCUT2D eigenvalue weighted by atomic mass is 9.92. The van der Waals surface area contributed by atoms with E-state index in [1.54, 1.807) is 0 Å². The van der Waals surface area contributed by atoms with Crippen molar-refractivity contribution in [1.29, 1.82) is 0 Å². The van der Waals surface area contributed by atoms with E-state index in [4.69, 9.17) is 0 Å². The Morgan fingerprint density at radius 2 is 2.50 bits per heavy atom. The quantitative estimate of drug-likeness (QED) is 0.521. The molecule has 1 rings (SSSR count). The molecular formula is C11H20N2O. The number of nitrogens with one attached hydrogen (secondary N) is 2. The molecule has 14 heavy (non-hydrogen) atoms. The van der Waals surface area contributed by atoms with Gasteiger partial charge in [-0.2, -0.15) is 0 Å². The van der Waals surface area contributed by atoms with E-state index < -0.39 is 0 Å². The van der Waals surface area contributed by atoms with Crippen LogP contribution >= 0.6 is 0 Å². The van der Waals surface area contributed by atoms with Gasteiger partial charge in [0.15, 0.2) is 0 Å². The first-order valence-electron chi connectivity index (χ1n) is 5.36. The van der Waals surface area contributed by atoms with Crippen LogP contribution < -0.4 is 10.6 Å². The third kappa shape index (κ3) is 3.50. The van der Waals surface area contributed by atoms with Gasteiger partial charge in [0, 0.05) is 18.5 Å². The van der Waals surface area contributed by atoms with E-state index in [2.05, 4.69) is 24.1 Å². The fourth-order valence-corrected chi connectivity index (χ4v) is 1.81. The lowest BCUT2D eigenvalue weighted by molar-refractivity contribution is -0.126. The van der Waals surface area contributed by atoms with Crippen LogP contribution in [0, 0.1) is 5.92 Å². The van der Waals surface area contributed by atoms with E-state index in [0.29, 0.717) is 6.04 Å². The Morgan fingerprint density at radius 1 is 1.71 bits per heavy atom. The molecule has 0 radical (unpaired) electrons. The van der Waals surface area contributed by atoms with Crippen molar-refractivity contribution in [1.82, 2.24) is 10.6 Å². The Balaban J connectivity index is 2.25. The average molecular weight is 196 g/mol. The topological polar surface area (TPSA) is 41.1 Å². The minimum atomic E-state index is 0.205. The Bertz CT molecular complexity index is 203. The molecule has 3 nitrogen and oxygen atoms in total. The minimum absolute atomic E-state index is 0.205. The lowest BCUT2D eigenvalue weighted by Crippen LogP contribution is -2.42. The molecule has 0 aromatic heterocycles. The third-order valence-electron chi connectivity index (χ3n) is 2.64. The van der Waals surface area contributed by atoms with E-state index in [1.807, 2.05) is 6.08 Å². The molecule has 1 amide bonds. The van der Waals surface area contributed by atoms with Crippen LogP contribution in [0.25, 0.3) is 0 Å². The Kier molecular flexibility index (Phi) is 4.66. The second-order valence-electron chi connectivity index (χ2n) is 3.94. The SMILES string of the molecule is C=CCCNC(=O)C1CCNC(C)C1. The van der Waals surface area contributed by atoms with Crippen molar-refractivity contribution in [2.24, 2.45) is 5.92 Å². The summed E-state index contributed by atoms with van der Waals surface area (Å²) in [7, 11) is 0. The zero-order valence-electron chi connectivity index (χ0n) is 8.88. The van der Waals surface area contributed by atoms with Crippen molar-refractivity contribution < 1.29 is 4.79 Å². The van der Waals surface area contributed by atoms with Crippen molar-refractivity contribution in [2.45, 2.75) is 32.2 Å². The van der Waals surface area contributed by atoms with Crippen molar-refractivity contribution in [3.63, 3.8) is 0 Å². The first-order valence-corrected chi connectivity index (χ1v) is 5.36. The van der Waals surface area contributed by atoms with E-state index in [0.717, 1.165) is 32.4 Å². The first kappa shape index (κ1) is 11.2. The van der Waals surface area contributed by atoms with Crippen LogP contribution in [0.2, 0.25) is 0 Å². The van der Waals surface area contributed by atoms with Crippen LogP contribution in [-0.2, 0) is 4.79 Å². The number of rotatable bonds is 4. The minimum Gasteiger partial charge on any atom is -0.356 e. The summed E-state index contributed by atoms with van der Waals surface area (Å²) < 4.78 is 0. The molecule has 0 aromatic rings. The summed E-state index contributed by atoms with van der Waals surface area (Å²) in [6.07, 6.45) is 4.60.